The third kappa shape index (κ3) is 4.95. The largest absolute Gasteiger partial charge is 0.497 e. The van der Waals surface area contributed by atoms with Gasteiger partial charge in [-0.2, -0.15) is 0 Å². The van der Waals surface area contributed by atoms with Gasteiger partial charge in [-0.15, -0.1) is 0 Å². The summed E-state index contributed by atoms with van der Waals surface area (Å²) < 4.78 is 11.2. The molecule has 0 amide bonds. The van der Waals surface area contributed by atoms with Gasteiger partial charge >= 0.3 is 0 Å². The minimum absolute atomic E-state index is 0.447. The maximum atomic E-state index is 10.7. The van der Waals surface area contributed by atoms with Crippen LogP contribution in [0.2, 0.25) is 0 Å². The fourth-order valence-electron chi connectivity index (χ4n) is 2.69. The van der Waals surface area contributed by atoms with E-state index in [9.17, 15) is 10.1 Å². The van der Waals surface area contributed by atoms with E-state index >= 15 is 0 Å². The fraction of sp³-hybridized carbons (Fsp3) is 0.0909. The zero-order valence-corrected chi connectivity index (χ0v) is 14.9. The summed E-state index contributed by atoms with van der Waals surface area (Å²) in [5, 5.41) is 10.7. The Hall–Kier alpha value is -3.60. The van der Waals surface area contributed by atoms with Crippen molar-refractivity contribution in [1.82, 2.24) is 0 Å². The fourth-order valence-corrected chi connectivity index (χ4v) is 2.69. The summed E-state index contributed by atoms with van der Waals surface area (Å²) in [5.41, 5.74) is 3.52. The van der Waals surface area contributed by atoms with E-state index in [1.165, 1.54) is 6.08 Å². The van der Waals surface area contributed by atoms with E-state index in [1.807, 2.05) is 72.8 Å². The van der Waals surface area contributed by atoms with Gasteiger partial charge in [0.2, 0.25) is 6.20 Å². The van der Waals surface area contributed by atoms with Crippen LogP contribution in [0.25, 0.3) is 17.2 Å². The molecule has 0 spiro atoms. The molecule has 0 saturated heterocycles. The second-order valence-electron chi connectivity index (χ2n) is 5.86. The Morgan fingerprint density at radius 3 is 2.52 bits per heavy atom. The molecule has 0 aromatic heterocycles. The molecule has 0 N–H and O–H groups in total. The molecule has 27 heavy (non-hydrogen) atoms. The first-order valence-electron chi connectivity index (χ1n) is 8.42. The number of rotatable bonds is 7. The van der Waals surface area contributed by atoms with Crippen LogP contribution >= 0.6 is 0 Å². The first kappa shape index (κ1) is 18.2. The maximum Gasteiger partial charge on any atom is 0.235 e. The molecule has 5 nitrogen and oxygen atoms in total. The molecule has 0 saturated carbocycles. The van der Waals surface area contributed by atoms with Crippen LogP contribution in [-0.4, -0.2) is 12.0 Å². The normalized spacial score (nSPS) is 10.7. The van der Waals surface area contributed by atoms with Gasteiger partial charge < -0.3 is 9.47 Å². The van der Waals surface area contributed by atoms with Crippen molar-refractivity contribution in [2.75, 3.05) is 7.11 Å². The summed E-state index contributed by atoms with van der Waals surface area (Å²) >= 11 is 0. The number of nitro groups is 1. The molecular weight excluding hydrogens is 342 g/mol. The van der Waals surface area contributed by atoms with E-state index in [0.717, 1.165) is 28.5 Å². The maximum absolute atomic E-state index is 10.7. The lowest BCUT2D eigenvalue weighted by atomic mass is 9.99. The van der Waals surface area contributed by atoms with Crippen molar-refractivity contribution in [3.63, 3.8) is 0 Å². The quantitative estimate of drug-likeness (QED) is 0.429. The van der Waals surface area contributed by atoms with E-state index in [-0.39, 0.29) is 0 Å². The highest BCUT2D eigenvalue weighted by Gasteiger charge is 2.08. The number of methoxy groups -OCH3 is 1. The molecule has 0 aliphatic heterocycles. The Balaban J connectivity index is 1.94. The van der Waals surface area contributed by atoms with E-state index in [2.05, 4.69) is 0 Å². The lowest BCUT2D eigenvalue weighted by molar-refractivity contribution is -0.400. The van der Waals surface area contributed by atoms with Crippen LogP contribution in [0.3, 0.4) is 0 Å². The van der Waals surface area contributed by atoms with Gasteiger partial charge in [0.05, 0.1) is 12.0 Å². The summed E-state index contributed by atoms with van der Waals surface area (Å²) in [4.78, 5) is 10.2. The molecule has 3 aromatic carbocycles. The zero-order chi connectivity index (χ0) is 19.1. The van der Waals surface area contributed by atoms with Crippen molar-refractivity contribution >= 4 is 6.08 Å². The molecule has 0 atom stereocenters. The standard InChI is InChI=1S/C22H19NO4/c1-26-20-9-5-8-19(14-20)22-15-21(11-10-18(22)12-13-23(24)25)27-16-17-6-3-2-4-7-17/h2-15H,16H2,1H3. The van der Waals surface area contributed by atoms with Crippen molar-refractivity contribution in [2.24, 2.45) is 0 Å². The van der Waals surface area contributed by atoms with Crippen LogP contribution in [0, 0.1) is 10.1 Å². The predicted octanol–water partition coefficient (Wildman–Crippen LogP) is 5.19. The van der Waals surface area contributed by atoms with E-state index < -0.39 is 4.92 Å². The summed E-state index contributed by atoms with van der Waals surface area (Å²) in [5.74, 6) is 1.40. The predicted molar refractivity (Wildman–Crippen MR) is 105 cm³/mol. The van der Waals surface area contributed by atoms with Gasteiger partial charge in [-0.3, -0.25) is 10.1 Å². The topological polar surface area (TPSA) is 61.6 Å². The van der Waals surface area contributed by atoms with E-state index in [1.54, 1.807) is 7.11 Å². The summed E-state index contributed by atoms with van der Waals surface area (Å²) in [7, 11) is 1.60. The molecular formula is C22H19NO4. The average Bonchev–Trinajstić information content (AvgIpc) is 2.71. The Kier molecular flexibility index (Phi) is 5.84. The lowest BCUT2D eigenvalue weighted by Gasteiger charge is -2.12. The van der Waals surface area contributed by atoms with Gasteiger partial charge in [-0.25, -0.2) is 0 Å². The number of hydrogen-bond acceptors (Lipinski definition) is 4. The second-order valence-corrected chi connectivity index (χ2v) is 5.86. The van der Waals surface area contributed by atoms with Crippen LogP contribution in [0.5, 0.6) is 11.5 Å². The van der Waals surface area contributed by atoms with Crippen LogP contribution in [0.1, 0.15) is 11.1 Å². The third-order valence-electron chi connectivity index (χ3n) is 4.03. The SMILES string of the molecule is COc1cccc(-c2cc(OCc3ccccc3)ccc2C=C[N+](=O)[O-])c1. The smallest absolute Gasteiger partial charge is 0.235 e. The van der Waals surface area contributed by atoms with Crippen LogP contribution in [-0.2, 0) is 6.61 Å². The monoisotopic (exact) mass is 361 g/mol. The van der Waals surface area contributed by atoms with Gasteiger partial charge in [-0.1, -0.05) is 48.5 Å². The molecule has 0 bridgehead atoms. The molecule has 0 radical (unpaired) electrons. The van der Waals surface area contributed by atoms with Crippen LogP contribution in [0.4, 0.5) is 0 Å². The number of nitrogens with zero attached hydrogens (tertiary/aromatic N) is 1. The number of benzene rings is 3. The molecule has 3 rings (SSSR count). The highest BCUT2D eigenvalue weighted by molar-refractivity contribution is 5.77. The van der Waals surface area contributed by atoms with Crippen molar-refractivity contribution in [1.29, 1.82) is 0 Å². The minimum atomic E-state index is -0.477. The van der Waals surface area contributed by atoms with Crippen molar-refractivity contribution in [2.45, 2.75) is 6.61 Å². The van der Waals surface area contributed by atoms with Crippen LogP contribution in [0.15, 0.2) is 79.0 Å². The Labute approximate surface area is 157 Å². The minimum Gasteiger partial charge on any atom is -0.497 e. The van der Waals surface area contributed by atoms with E-state index in [4.69, 9.17) is 9.47 Å². The summed E-state index contributed by atoms with van der Waals surface area (Å²) in [6.07, 6.45) is 2.42. The third-order valence-corrected chi connectivity index (χ3v) is 4.03. The summed E-state index contributed by atoms with van der Waals surface area (Å²) in [6, 6.07) is 23.0. The Morgan fingerprint density at radius 1 is 0.963 bits per heavy atom. The molecule has 0 heterocycles. The second kappa shape index (κ2) is 8.67. The lowest BCUT2D eigenvalue weighted by Crippen LogP contribution is -1.96. The molecule has 0 aliphatic carbocycles. The van der Waals surface area contributed by atoms with Gasteiger partial charge in [0.15, 0.2) is 0 Å². The molecule has 0 unspecified atom stereocenters. The van der Waals surface area contributed by atoms with Gasteiger partial charge in [-0.05, 0) is 46.5 Å². The molecule has 136 valence electrons. The summed E-state index contributed by atoms with van der Waals surface area (Å²) in [6.45, 7) is 0.447. The molecule has 5 heteroatoms. The first-order valence-corrected chi connectivity index (χ1v) is 8.42. The highest BCUT2D eigenvalue weighted by Crippen LogP contribution is 2.31. The van der Waals surface area contributed by atoms with Gasteiger partial charge in [0.25, 0.3) is 0 Å². The Morgan fingerprint density at radius 2 is 1.78 bits per heavy atom. The van der Waals surface area contributed by atoms with Crippen LogP contribution < -0.4 is 9.47 Å². The van der Waals surface area contributed by atoms with E-state index in [0.29, 0.717) is 18.1 Å². The zero-order valence-electron chi connectivity index (χ0n) is 14.9. The van der Waals surface area contributed by atoms with Gasteiger partial charge in [0.1, 0.15) is 18.1 Å². The molecule has 0 fully saturated rings. The van der Waals surface area contributed by atoms with Crippen molar-refractivity contribution in [3.8, 4) is 22.6 Å². The Bertz CT molecular complexity index is 952. The average molecular weight is 361 g/mol. The van der Waals surface area contributed by atoms with Crippen molar-refractivity contribution < 1.29 is 14.4 Å². The first-order chi connectivity index (χ1) is 13.2. The molecule has 0 aliphatic rings. The number of hydrogen-bond donors (Lipinski definition) is 0. The van der Waals surface area contributed by atoms with Gasteiger partial charge in [0, 0.05) is 6.08 Å². The highest BCUT2D eigenvalue weighted by atomic mass is 16.6. The molecule has 3 aromatic rings. The number of ether oxygens (including phenoxy) is 2. The van der Waals surface area contributed by atoms with Crippen molar-refractivity contribution in [3.05, 3.63) is 100 Å².